The Morgan fingerprint density at radius 3 is 2.60 bits per heavy atom. The molecule has 0 aliphatic carbocycles. The smallest absolute Gasteiger partial charge is 0.169 e. The molecular weight excluding hydrogens is 192 g/mol. The average molecular weight is 206 g/mol. The van der Waals surface area contributed by atoms with Gasteiger partial charge in [0.25, 0.3) is 0 Å². The second kappa shape index (κ2) is 3.49. The quantitative estimate of drug-likeness (QED) is 0.697. The number of ether oxygens (including phenoxy) is 1. The third kappa shape index (κ3) is 1.61. The molecule has 2 fully saturated rings. The van der Waals surface area contributed by atoms with Crippen LogP contribution in [-0.4, -0.2) is 18.0 Å². The summed E-state index contributed by atoms with van der Waals surface area (Å²) in [5.74, 6) is 0.373. The summed E-state index contributed by atoms with van der Waals surface area (Å²) in [5, 5.41) is 0. The molecule has 3 heterocycles. The van der Waals surface area contributed by atoms with Gasteiger partial charge in [-0.25, -0.2) is 0 Å². The third-order valence-corrected chi connectivity index (χ3v) is 3.47. The van der Waals surface area contributed by atoms with Gasteiger partial charge in [0.15, 0.2) is 5.78 Å². The number of Topliss-reactive ketones (excluding diaryl/α,β-unsaturated/α-hetero) is 1. The first kappa shape index (κ1) is 9.16. The van der Waals surface area contributed by atoms with Crippen molar-refractivity contribution in [2.75, 3.05) is 0 Å². The fraction of sp³-hybridized carbons (Fsp3) is 0.583. The van der Waals surface area contributed by atoms with Gasteiger partial charge >= 0.3 is 0 Å². The highest BCUT2D eigenvalue weighted by Gasteiger charge is 2.38. The van der Waals surface area contributed by atoms with E-state index in [0.29, 0.717) is 17.8 Å². The fourth-order valence-corrected chi connectivity index (χ4v) is 2.71. The first-order valence-corrected chi connectivity index (χ1v) is 5.55. The number of rotatable bonds is 2. The van der Waals surface area contributed by atoms with E-state index in [1.54, 1.807) is 18.6 Å². The number of hydrogen-bond acceptors (Lipinski definition) is 3. The molecule has 1 aromatic heterocycles. The SMILES string of the molecule is O=C(c1ccoc1)C1CC2CCC(C1)O2. The Kier molecular flexibility index (Phi) is 2.13. The van der Waals surface area contributed by atoms with Crippen LogP contribution in [0.4, 0.5) is 0 Å². The standard InChI is InChI=1S/C12H14O3/c13-12(8-3-4-14-7-8)9-5-10-1-2-11(6-9)15-10/h3-4,7,9-11H,1-2,5-6H2. The Labute approximate surface area is 88.4 Å². The molecule has 0 spiro atoms. The van der Waals surface area contributed by atoms with Gasteiger partial charge in [0, 0.05) is 5.92 Å². The summed E-state index contributed by atoms with van der Waals surface area (Å²) in [6.45, 7) is 0. The van der Waals surface area contributed by atoms with Gasteiger partial charge in [0.2, 0.25) is 0 Å². The molecule has 3 rings (SSSR count). The summed E-state index contributed by atoms with van der Waals surface area (Å²) in [4.78, 5) is 12.1. The first-order valence-electron chi connectivity index (χ1n) is 5.55. The van der Waals surface area contributed by atoms with Gasteiger partial charge in [-0.1, -0.05) is 0 Å². The number of hydrogen-bond donors (Lipinski definition) is 0. The lowest BCUT2D eigenvalue weighted by Gasteiger charge is -2.26. The zero-order chi connectivity index (χ0) is 10.3. The Morgan fingerprint density at radius 1 is 1.27 bits per heavy atom. The first-order chi connectivity index (χ1) is 7.33. The highest BCUT2D eigenvalue weighted by molar-refractivity contribution is 5.97. The van der Waals surface area contributed by atoms with Crippen molar-refractivity contribution >= 4 is 5.78 Å². The molecule has 2 saturated heterocycles. The zero-order valence-corrected chi connectivity index (χ0v) is 8.52. The van der Waals surface area contributed by atoms with E-state index in [9.17, 15) is 4.79 Å². The summed E-state index contributed by atoms with van der Waals surface area (Å²) >= 11 is 0. The van der Waals surface area contributed by atoms with E-state index in [4.69, 9.17) is 9.15 Å². The molecule has 0 amide bonds. The van der Waals surface area contributed by atoms with Crippen LogP contribution in [0.3, 0.4) is 0 Å². The predicted molar refractivity (Wildman–Crippen MR) is 53.7 cm³/mol. The van der Waals surface area contributed by atoms with Crippen LogP contribution in [-0.2, 0) is 4.74 Å². The summed E-state index contributed by atoms with van der Waals surface area (Å²) in [6, 6.07) is 1.75. The largest absolute Gasteiger partial charge is 0.472 e. The maximum Gasteiger partial charge on any atom is 0.169 e. The normalized spacial score (nSPS) is 34.3. The van der Waals surface area contributed by atoms with Gasteiger partial charge in [-0.05, 0) is 31.7 Å². The Bertz CT molecular complexity index is 343. The summed E-state index contributed by atoms with van der Waals surface area (Å²) in [5.41, 5.74) is 0.710. The maximum absolute atomic E-state index is 12.1. The van der Waals surface area contributed by atoms with Crippen molar-refractivity contribution in [1.29, 1.82) is 0 Å². The molecule has 3 heteroatoms. The van der Waals surface area contributed by atoms with Crippen molar-refractivity contribution < 1.29 is 13.9 Å². The van der Waals surface area contributed by atoms with Gasteiger partial charge in [0.1, 0.15) is 6.26 Å². The number of fused-ring (bicyclic) bond motifs is 2. The van der Waals surface area contributed by atoms with Gasteiger partial charge in [0.05, 0.1) is 24.0 Å². The van der Waals surface area contributed by atoms with E-state index >= 15 is 0 Å². The Morgan fingerprint density at radius 2 is 2.00 bits per heavy atom. The second-order valence-corrected chi connectivity index (χ2v) is 4.50. The lowest BCUT2D eigenvalue weighted by molar-refractivity contribution is -0.0149. The van der Waals surface area contributed by atoms with Crippen LogP contribution >= 0.6 is 0 Å². The molecule has 0 aromatic carbocycles. The second-order valence-electron chi connectivity index (χ2n) is 4.50. The molecule has 0 N–H and O–H groups in total. The lowest BCUT2D eigenvalue weighted by Crippen LogP contribution is -2.29. The van der Waals surface area contributed by atoms with Crippen molar-refractivity contribution in [3.8, 4) is 0 Å². The number of carbonyl (C=O) groups is 1. The molecule has 2 atom stereocenters. The molecule has 2 aliphatic rings. The molecule has 2 aliphatic heterocycles. The zero-order valence-electron chi connectivity index (χ0n) is 8.52. The van der Waals surface area contributed by atoms with Crippen LogP contribution in [0, 0.1) is 5.92 Å². The van der Waals surface area contributed by atoms with Crippen LogP contribution in [0.15, 0.2) is 23.0 Å². The van der Waals surface area contributed by atoms with E-state index in [-0.39, 0.29) is 11.7 Å². The maximum atomic E-state index is 12.1. The molecule has 2 unspecified atom stereocenters. The Balaban J connectivity index is 1.75. The van der Waals surface area contributed by atoms with Crippen LogP contribution in [0.1, 0.15) is 36.0 Å². The van der Waals surface area contributed by atoms with Crippen LogP contribution in [0.2, 0.25) is 0 Å². The number of furan rings is 1. The van der Waals surface area contributed by atoms with Crippen LogP contribution in [0.25, 0.3) is 0 Å². The van der Waals surface area contributed by atoms with Crippen LogP contribution in [0.5, 0.6) is 0 Å². The lowest BCUT2D eigenvalue weighted by atomic mass is 9.89. The average Bonchev–Trinajstić information content (AvgIpc) is 2.87. The van der Waals surface area contributed by atoms with Crippen molar-refractivity contribution in [2.24, 2.45) is 5.92 Å². The fourth-order valence-electron chi connectivity index (χ4n) is 2.71. The monoisotopic (exact) mass is 206 g/mol. The van der Waals surface area contributed by atoms with E-state index < -0.39 is 0 Å². The minimum absolute atomic E-state index is 0.147. The molecular formula is C12H14O3. The molecule has 1 aromatic rings. The molecule has 15 heavy (non-hydrogen) atoms. The highest BCUT2D eigenvalue weighted by atomic mass is 16.5. The molecule has 3 nitrogen and oxygen atoms in total. The van der Waals surface area contributed by atoms with E-state index in [1.807, 2.05) is 0 Å². The van der Waals surface area contributed by atoms with Gasteiger partial charge in [-0.3, -0.25) is 4.79 Å². The van der Waals surface area contributed by atoms with Crippen LogP contribution < -0.4 is 0 Å². The van der Waals surface area contributed by atoms with Crippen molar-refractivity contribution in [3.63, 3.8) is 0 Å². The Hall–Kier alpha value is -1.09. The minimum Gasteiger partial charge on any atom is -0.472 e. The highest BCUT2D eigenvalue weighted by Crippen LogP contribution is 2.37. The van der Waals surface area contributed by atoms with E-state index in [0.717, 1.165) is 25.7 Å². The third-order valence-electron chi connectivity index (χ3n) is 3.47. The number of ketones is 1. The number of carbonyl (C=O) groups excluding carboxylic acids is 1. The summed E-state index contributed by atoms with van der Waals surface area (Å²) in [7, 11) is 0. The van der Waals surface area contributed by atoms with Crippen molar-refractivity contribution in [1.82, 2.24) is 0 Å². The van der Waals surface area contributed by atoms with Gasteiger partial charge < -0.3 is 9.15 Å². The summed E-state index contributed by atoms with van der Waals surface area (Å²) in [6.07, 6.45) is 7.77. The molecule has 80 valence electrons. The van der Waals surface area contributed by atoms with Gasteiger partial charge in [-0.2, -0.15) is 0 Å². The molecule has 0 saturated carbocycles. The van der Waals surface area contributed by atoms with E-state index in [1.165, 1.54) is 0 Å². The van der Waals surface area contributed by atoms with Crippen molar-refractivity contribution in [2.45, 2.75) is 37.9 Å². The molecule has 0 radical (unpaired) electrons. The topological polar surface area (TPSA) is 39.4 Å². The molecule has 2 bridgehead atoms. The van der Waals surface area contributed by atoms with Gasteiger partial charge in [-0.15, -0.1) is 0 Å². The predicted octanol–water partition coefficient (Wildman–Crippen LogP) is 2.42. The van der Waals surface area contributed by atoms with E-state index in [2.05, 4.69) is 0 Å². The minimum atomic E-state index is 0.147. The summed E-state index contributed by atoms with van der Waals surface area (Å²) < 4.78 is 10.7. The van der Waals surface area contributed by atoms with Crippen molar-refractivity contribution in [3.05, 3.63) is 24.2 Å².